The fourth-order valence-corrected chi connectivity index (χ4v) is 4.88. The summed E-state index contributed by atoms with van der Waals surface area (Å²) in [6.07, 6.45) is 7.78. The first-order chi connectivity index (χ1) is 10.8. The Morgan fingerprint density at radius 2 is 1.86 bits per heavy atom. The molecule has 5 heteroatoms. The summed E-state index contributed by atoms with van der Waals surface area (Å²) in [7, 11) is 0. The van der Waals surface area contributed by atoms with Gasteiger partial charge in [-0.25, -0.2) is 0 Å². The molecule has 0 radical (unpaired) electrons. The van der Waals surface area contributed by atoms with E-state index in [0.717, 1.165) is 32.2 Å². The molecule has 1 aromatic heterocycles. The van der Waals surface area contributed by atoms with Crippen molar-refractivity contribution in [3.63, 3.8) is 0 Å². The Balaban J connectivity index is 1.51. The summed E-state index contributed by atoms with van der Waals surface area (Å²) in [4.78, 5) is 30.3. The Bertz CT molecular complexity index is 584. The zero-order valence-electron chi connectivity index (χ0n) is 12.5. The average Bonchev–Trinajstić information content (AvgIpc) is 3.25. The molecule has 2 fully saturated rings. The van der Waals surface area contributed by atoms with E-state index in [1.165, 1.54) is 9.78 Å². The van der Waals surface area contributed by atoms with E-state index in [9.17, 15) is 9.59 Å². The lowest BCUT2D eigenvalue weighted by molar-refractivity contribution is -0.142. The first-order valence-corrected chi connectivity index (χ1v) is 8.91. The highest BCUT2D eigenvalue weighted by Gasteiger charge is 2.48. The molecule has 2 saturated heterocycles. The Morgan fingerprint density at radius 3 is 2.50 bits per heavy atom. The molecule has 116 valence electrons. The second kappa shape index (κ2) is 5.63. The molecule has 0 aromatic carbocycles. The standard InChI is InChI=1S/C17H20N2O2S/c20-16-12-5-1-2-6-13(12)17(21)19(16)11-18-9-3-7-14(18)15-8-4-10-22-15/h1-2,4,8,10,12-14H,3,5-7,9,11H2. The summed E-state index contributed by atoms with van der Waals surface area (Å²) in [5.41, 5.74) is 0. The van der Waals surface area contributed by atoms with Crippen LogP contribution in [0.2, 0.25) is 0 Å². The number of hydrogen-bond acceptors (Lipinski definition) is 4. The van der Waals surface area contributed by atoms with Crippen molar-refractivity contribution in [2.75, 3.05) is 13.2 Å². The van der Waals surface area contributed by atoms with Crippen LogP contribution in [0.5, 0.6) is 0 Å². The van der Waals surface area contributed by atoms with Crippen molar-refractivity contribution < 1.29 is 9.59 Å². The summed E-state index contributed by atoms with van der Waals surface area (Å²) in [6.45, 7) is 1.43. The summed E-state index contributed by atoms with van der Waals surface area (Å²) in [6, 6.07) is 4.59. The van der Waals surface area contributed by atoms with Crippen LogP contribution in [-0.4, -0.2) is 34.8 Å². The number of rotatable bonds is 3. The maximum Gasteiger partial charge on any atom is 0.234 e. The fraction of sp³-hybridized carbons (Fsp3) is 0.529. The van der Waals surface area contributed by atoms with Crippen LogP contribution in [0.25, 0.3) is 0 Å². The highest BCUT2D eigenvalue weighted by Crippen LogP contribution is 2.38. The monoisotopic (exact) mass is 316 g/mol. The Labute approximate surface area is 134 Å². The number of amides is 2. The fourth-order valence-electron chi connectivity index (χ4n) is 3.99. The van der Waals surface area contributed by atoms with Gasteiger partial charge in [0.25, 0.3) is 0 Å². The van der Waals surface area contributed by atoms with Gasteiger partial charge in [0.05, 0.1) is 18.5 Å². The van der Waals surface area contributed by atoms with Crippen LogP contribution >= 0.6 is 11.3 Å². The summed E-state index contributed by atoms with van der Waals surface area (Å²) in [5.74, 6) is -0.145. The molecular weight excluding hydrogens is 296 g/mol. The normalized spacial score (nSPS) is 32.0. The summed E-state index contributed by atoms with van der Waals surface area (Å²) < 4.78 is 0. The molecule has 2 amide bonds. The predicted molar refractivity (Wildman–Crippen MR) is 85.1 cm³/mol. The van der Waals surface area contributed by atoms with Gasteiger partial charge in [-0.2, -0.15) is 0 Å². The van der Waals surface area contributed by atoms with E-state index in [1.54, 1.807) is 11.3 Å². The lowest BCUT2D eigenvalue weighted by Crippen LogP contribution is -2.41. The highest BCUT2D eigenvalue weighted by molar-refractivity contribution is 7.10. The van der Waals surface area contributed by atoms with E-state index in [-0.39, 0.29) is 23.7 Å². The predicted octanol–water partition coefficient (Wildman–Crippen LogP) is 2.79. The van der Waals surface area contributed by atoms with Crippen molar-refractivity contribution in [2.24, 2.45) is 11.8 Å². The first-order valence-electron chi connectivity index (χ1n) is 8.03. The van der Waals surface area contributed by atoms with Gasteiger partial charge in [-0.1, -0.05) is 18.2 Å². The second-order valence-electron chi connectivity index (χ2n) is 6.39. The van der Waals surface area contributed by atoms with Gasteiger partial charge in [0, 0.05) is 17.5 Å². The zero-order valence-corrected chi connectivity index (χ0v) is 13.3. The van der Waals surface area contributed by atoms with Crippen LogP contribution < -0.4 is 0 Å². The van der Waals surface area contributed by atoms with Gasteiger partial charge < -0.3 is 0 Å². The van der Waals surface area contributed by atoms with Crippen molar-refractivity contribution in [1.82, 2.24) is 9.80 Å². The number of carbonyl (C=O) groups is 2. The molecule has 3 unspecified atom stereocenters. The van der Waals surface area contributed by atoms with E-state index in [1.807, 2.05) is 12.2 Å². The van der Waals surface area contributed by atoms with E-state index < -0.39 is 0 Å². The first kappa shape index (κ1) is 14.2. The van der Waals surface area contributed by atoms with E-state index in [0.29, 0.717) is 12.7 Å². The lowest BCUT2D eigenvalue weighted by atomic mass is 9.85. The maximum atomic E-state index is 12.6. The molecular formula is C17H20N2O2S. The molecule has 0 saturated carbocycles. The number of fused-ring (bicyclic) bond motifs is 1. The lowest BCUT2D eigenvalue weighted by Gasteiger charge is -2.28. The van der Waals surface area contributed by atoms with Crippen LogP contribution in [0.4, 0.5) is 0 Å². The molecule has 1 aliphatic carbocycles. The third kappa shape index (κ3) is 2.23. The van der Waals surface area contributed by atoms with Crippen molar-refractivity contribution in [1.29, 1.82) is 0 Å². The van der Waals surface area contributed by atoms with Crippen LogP contribution in [-0.2, 0) is 9.59 Å². The smallest absolute Gasteiger partial charge is 0.234 e. The van der Waals surface area contributed by atoms with E-state index in [2.05, 4.69) is 22.4 Å². The molecule has 2 aliphatic heterocycles. The van der Waals surface area contributed by atoms with Gasteiger partial charge in [-0.3, -0.25) is 19.4 Å². The van der Waals surface area contributed by atoms with Gasteiger partial charge in [-0.15, -0.1) is 11.3 Å². The van der Waals surface area contributed by atoms with Crippen LogP contribution in [0.3, 0.4) is 0 Å². The Kier molecular flexibility index (Phi) is 3.62. The van der Waals surface area contributed by atoms with Crippen molar-refractivity contribution in [3.8, 4) is 0 Å². The molecule has 4 rings (SSSR count). The number of imide groups is 1. The SMILES string of the molecule is O=C1C2CC=CCC2C(=O)N1CN1CCCC1c1cccs1. The topological polar surface area (TPSA) is 40.6 Å². The van der Waals surface area contributed by atoms with Crippen LogP contribution in [0.15, 0.2) is 29.7 Å². The van der Waals surface area contributed by atoms with Crippen LogP contribution in [0, 0.1) is 11.8 Å². The number of nitrogens with zero attached hydrogens (tertiary/aromatic N) is 2. The summed E-state index contributed by atoms with van der Waals surface area (Å²) >= 11 is 1.76. The van der Waals surface area contributed by atoms with Gasteiger partial charge in [-0.05, 0) is 37.1 Å². The van der Waals surface area contributed by atoms with Gasteiger partial charge in [0.1, 0.15) is 0 Å². The van der Waals surface area contributed by atoms with Crippen molar-refractivity contribution in [2.45, 2.75) is 31.7 Å². The quantitative estimate of drug-likeness (QED) is 0.636. The summed E-state index contributed by atoms with van der Waals surface area (Å²) in [5, 5.41) is 2.10. The van der Waals surface area contributed by atoms with E-state index in [4.69, 9.17) is 0 Å². The number of allylic oxidation sites excluding steroid dienone is 2. The number of likely N-dealkylation sites (tertiary alicyclic amines) is 2. The molecule has 3 atom stereocenters. The molecule has 4 nitrogen and oxygen atoms in total. The van der Waals surface area contributed by atoms with Crippen LogP contribution in [0.1, 0.15) is 36.6 Å². The minimum absolute atomic E-state index is 0.0381. The third-order valence-electron chi connectivity index (χ3n) is 5.16. The maximum absolute atomic E-state index is 12.6. The molecule has 3 aliphatic rings. The minimum atomic E-state index is -0.111. The largest absolute Gasteiger partial charge is 0.278 e. The van der Waals surface area contributed by atoms with Crippen molar-refractivity contribution in [3.05, 3.63) is 34.5 Å². The Hall–Kier alpha value is -1.46. The third-order valence-corrected chi connectivity index (χ3v) is 6.13. The molecule has 0 N–H and O–H groups in total. The molecule has 1 aromatic rings. The number of carbonyl (C=O) groups excluding carboxylic acids is 2. The average molecular weight is 316 g/mol. The molecule has 22 heavy (non-hydrogen) atoms. The van der Waals surface area contributed by atoms with Crippen molar-refractivity contribution >= 4 is 23.2 Å². The zero-order chi connectivity index (χ0) is 15.1. The Morgan fingerprint density at radius 1 is 1.14 bits per heavy atom. The van der Waals surface area contributed by atoms with Gasteiger partial charge in [0.2, 0.25) is 11.8 Å². The van der Waals surface area contributed by atoms with Gasteiger partial charge in [0.15, 0.2) is 0 Å². The van der Waals surface area contributed by atoms with Gasteiger partial charge >= 0.3 is 0 Å². The molecule has 3 heterocycles. The number of thiophene rings is 1. The minimum Gasteiger partial charge on any atom is -0.278 e. The molecule has 0 bridgehead atoms. The van der Waals surface area contributed by atoms with E-state index >= 15 is 0 Å². The molecule has 0 spiro atoms. The number of hydrogen-bond donors (Lipinski definition) is 0. The second-order valence-corrected chi connectivity index (χ2v) is 7.37. The highest BCUT2D eigenvalue weighted by atomic mass is 32.1.